The van der Waals surface area contributed by atoms with Gasteiger partial charge in [-0.2, -0.15) is 5.10 Å². The van der Waals surface area contributed by atoms with Crippen LogP contribution in [0.4, 0.5) is 0 Å². The van der Waals surface area contributed by atoms with Gasteiger partial charge in [-0.25, -0.2) is 0 Å². The largest absolute Gasteiger partial charge is 0.492 e. The number of likely N-dealkylation sites (tertiary alicyclic amines) is 1. The van der Waals surface area contributed by atoms with E-state index in [0.29, 0.717) is 12.3 Å². The van der Waals surface area contributed by atoms with E-state index in [-0.39, 0.29) is 5.91 Å². The maximum Gasteiger partial charge on any atom is 0.272 e. The van der Waals surface area contributed by atoms with Crippen molar-refractivity contribution in [1.29, 1.82) is 0 Å². The number of benzene rings is 2. The molecule has 38 heavy (non-hydrogen) atoms. The molecule has 0 bridgehead atoms. The highest BCUT2D eigenvalue weighted by atomic mass is 16.5. The molecule has 0 atom stereocenters. The highest BCUT2D eigenvalue weighted by molar-refractivity contribution is 5.92. The van der Waals surface area contributed by atoms with Gasteiger partial charge in [0.05, 0.1) is 5.69 Å². The van der Waals surface area contributed by atoms with Gasteiger partial charge < -0.3 is 9.64 Å². The van der Waals surface area contributed by atoms with E-state index in [9.17, 15) is 4.79 Å². The molecular weight excluding hydrogens is 474 g/mol. The van der Waals surface area contributed by atoms with Crippen LogP contribution in [0.15, 0.2) is 60.7 Å². The lowest BCUT2D eigenvalue weighted by Crippen LogP contribution is -2.49. The van der Waals surface area contributed by atoms with Gasteiger partial charge in [0.15, 0.2) is 0 Å². The van der Waals surface area contributed by atoms with Gasteiger partial charge in [-0.1, -0.05) is 42.5 Å². The molecule has 0 radical (unpaired) electrons. The van der Waals surface area contributed by atoms with Gasteiger partial charge in [-0.05, 0) is 74.5 Å². The minimum Gasteiger partial charge on any atom is -0.492 e. The number of aryl methyl sites for hydroxylation is 2. The summed E-state index contributed by atoms with van der Waals surface area (Å²) in [6, 6.07) is 21.4. The summed E-state index contributed by atoms with van der Waals surface area (Å²) >= 11 is 0. The predicted octanol–water partition coefficient (Wildman–Crippen LogP) is 4.02. The van der Waals surface area contributed by atoms with E-state index >= 15 is 0 Å². The van der Waals surface area contributed by atoms with Crippen molar-refractivity contribution in [2.75, 3.05) is 52.4 Å². The average molecular weight is 516 g/mol. The smallest absolute Gasteiger partial charge is 0.272 e. The van der Waals surface area contributed by atoms with Gasteiger partial charge in [-0.3, -0.25) is 19.3 Å². The maximum atomic E-state index is 12.8. The summed E-state index contributed by atoms with van der Waals surface area (Å²) < 4.78 is 7.72. The second-order valence-corrected chi connectivity index (χ2v) is 10.8. The molecule has 0 unspecified atom stereocenters. The standard InChI is InChI=1S/C31H41N5O2/c1-25-22-30(33(2)32-25)31(37)36-18-16-34(17-19-36)20-21-38-29-10-8-28(9-11-29)24-35-14-12-27(13-15-35)23-26-6-4-3-5-7-26/h3-11,22,27H,12-21,23-24H2,1-2H3. The van der Waals surface area contributed by atoms with Crippen molar-refractivity contribution in [1.82, 2.24) is 24.5 Å². The number of aromatic nitrogens is 2. The lowest BCUT2D eigenvalue weighted by molar-refractivity contribution is 0.0610. The number of ether oxygens (including phenoxy) is 1. The fourth-order valence-corrected chi connectivity index (χ4v) is 5.69. The zero-order valence-corrected chi connectivity index (χ0v) is 22.9. The first-order valence-electron chi connectivity index (χ1n) is 14.0. The van der Waals surface area contributed by atoms with Gasteiger partial charge in [-0.15, -0.1) is 0 Å². The Morgan fingerprint density at radius 1 is 0.895 bits per heavy atom. The third-order valence-corrected chi connectivity index (χ3v) is 7.96. The average Bonchev–Trinajstić information content (AvgIpc) is 3.29. The first-order valence-corrected chi connectivity index (χ1v) is 14.0. The van der Waals surface area contributed by atoms with Crippen molar-refractivity contribution in [3.8, 4) is 5.75 Å². The van der Waals surface area contributed by atoms with Crippen LogP contribution in [-0.2, 0) is 20.0 Å². The topological polar surface area (TPSA) is 53.8 Å². The van der Waals surface area contributed by atoms with Crippen LogP contribution >= 0.6 is 0 Å². The quantitative estimate of drug-likeness (QED) is 0.431. The number of hydrogen-bond donors (Lipinski definition) is 0. The number of carbonyl (C=O) groups excluding carboxylic acids is 1. The number of piperidine rings is 1. The van der Waals surface area contributed by atoms with Gasteiger partial charge in [0.2, 0.25) is 0 Å². The van der Waals surface area contributed by atoms with E-state index in [0.717, 1.165) is 56.6 Å². The zero-order chi connectivity index (χ0) is 26.3. The lowest BCUT2D eigenvalue weighted by atomic mass is 9.90. The minimum atomic E-state index is 0.0700. The molecule has 2 aliphatic rings. The molecule has 1 aromatic heterocycles. The first kappa shape index (κ1) is 26.4. The summed E-state index contributed by atoms with van der Waals surface area (Å²) in [7, 11) is 1.83. The van der Waals surface area contributed by atoms with Crippen LogP contribution in [0.2, 0.25) is 0 Å². The molecule has 1 amide bonds. The molecule has 3 aromatic rings. The number of carbonyl (C=O) groups is 1. The zero-order valence-electron chi connectivity index (χ0n) is 22.9. The molecule has 2 aromatic carbocycles. The second-order valence-electron chi connectivity index (χ2n) is 10.8. The number of amides is 1. The summed E-state index contributed by atoms with van der Waals surface area (Å²) in [5.74, 6) is 1.80. The summed E-state index contributed by atoms with van der Waals surface area (Å²) in [6.45, 7) is 10.0. The first-order chi connectivity index (χ1) is 18.5. The van der Waals surface area contributed by atoms with Crippen molar-refractivity contribution < 1.29 is 9.53 Å². The van der Waals surface area contributed by atoms with Crippen molar-refractivity contribution in [2.24, 2.45) is 13.0 Å². The fraction of sp³-hybridized carbons (Fsp3) is 0.484. The van der Waals surface area contributed by atoms with Crippen LogP contribution in [0.3, 0.4) is 0 Å². The normalized spacial score (nSPS) is 17.6. The molecule has 2 saturated heterocycles. The maximum absolute atomic E-state index is 12.8. The van der Waals surface area contributed by atoms with E-state index in [1.165, 1.54) is 43.5 Å². The lowest BCUT2D eigenvalue weighted by Gasteiger charge is -2.34. The van der Waals surface area contributed by atoms with Gasteiger partial charge >= 0.3 is 0 Å². The molecule has 202 valence electrons. The highest BCUT2D eigenvalue weighted by Gasteiger charge is 2.24. The number of rotatable bonds is 9. The summed E-state index contributed by atoms with van der Waals surface area (Å²) in [5, 5.41) is 4.30. The van der Waals surface area contributed by atoms with E-state index in [2.05, 4.69) is 69.5 Å². The molecule has 0 N–H and O–H groups in total. The van der Waals surface area contributed by atoms with Crippen molar-refractivity contribution in [3.05, 3.63) is 83.2 Å². The Morgan fingerprint density at radius 3 is 2.26 bits per heavy atom. The minimum absolute atomic E-state index is 0.0700. The summed E-state index contributed by atoms with van der Waals surface area (Å²) in [4.78, 5) is 19.7. The molecule has 7 nitrogen and oxygen atoms in total. The van der Waals surface area contributed by atoms with Gasteiger partial charge in [0.25, 0.3) is 5.91 Å². The second kappa shape index (κ2) is 12.6. The third kappa shape index (κ3) is 7.03. The van der Waals surface area contributed by atoms with E-state index in [1.54, 1.807) is 4.68 Å². The number of hydrogen-bond acceptors (Lipinski definition) is 5. The van der Waals surface area contributed by atoms with Crippen LogP contribution in [0, 0.1) is 12.8 Å². The molecule has 2 fully saturated rings. The van der Waals surface area contributed by atoms with Crippen molar-refractivity contribution >= 4 is 5.91 Å². The molecule has 0 aliphatic carbocycles. The molecule has 2 aliphatic heterocycles. The molecule has 0 spiro atoms. The predicted molar refractivity (Wildman–Crippen MR) is 150 cm³/mol. The van der Waals surface area contributed by atoms with E-state index < -0.39 is 0 Å². The third-order valence-electron chi connectivity index (χ3n) is 7.96. The van der Waals surface area contributed by atoms with Crippen LogP contribution in [0.25, 0.3) is 0 Å². The Balaban J connectivity index is 0.982. The summed E-state index contributed by atoms with van der Waals surface area (Å²) in [5.41, 5.74) is 4.35. The van der Waals surface area contributed by atoms with Gasteiger partial charge in [0.1, 0.15) is 18.1 Å². The van der Waals surface area contributed by atoms with E-state index in [1.807, 2.05) is 24.9 Å². The van der Waals surface area contributed by atoms with Crippen LogP contribution in [0.1, 0.15) is 40.2 Å². The fourth-order valence-electron chi connectivity index (χ4n) is 5.69. The number of nitrogens with zero attached hydrogens (tertiary/aromatic N) is 5. The summed E-state index contributed by atoms with van der Waals surface area (Å²) in [6.07, 6.45) is 3.77. The molecule has 0 saturated carbocycles. The molecular formula is C31H41N5O2. The van der Waals surface area contributed by atoms with Crippen LogP contribution < -0.4 is 4.74 Å². The Bertz CT molecular complexity index is 1160. The monoisotopic (exact) mass is 515 g/mol. The highest BCUT2D eigenvalue weighted by Crippen LogP contribution is 2.23. The Kier molecular flexibility index (Phi) is 8.76. The Morgan fingerprint density at radius 2 is 1.61 bits per heavy atom. The van der Waals surface area contributed by atoms with Crippen LogP contribution in [0.5, 0.6) is 5.75 Å². The SMILES string of the molecule is Cc1cc(C(=O)N2CCN(CCOc3ccc(CN4CCC(Cc5ccccc5)CC4)cc3)CC2)n(C)n1. The molecule has 7 heteroatoms. The number of piperazine rings is 1. The molecule has 5 rings (SSSR count). The van der Waals surface area contributed by atoms with Crippen molar-refractivity contribution in [2.45, 2.75) is 32.7 Å². The Hall–Kier alpha value is -3.16. The van der Waals surface area contributed by atoms with Gasteiger partial charge in [0, 0.05) is 46.3 Å². The molecule has 3 heterocycles. The van der Waals surface area contributed by atoms with Crippen LogP contribution in [-0.4, -0.2) is 82.8 Å². The van der Waals surface area contributed by atoms with Crippen molar-refractivity contribution in [3.63, 3.8) is 0 Å². The Labute approximate surface area is 227 Å². The van der Waals surface area contributed by atoms with E-state index in [4.69, 9.17) is 4.74 Å².